The van der Waals surface area contributed by atoms with Crippen LogP contribution in [0, 0.1) is 5.82 Å². The third kappa shape index (κ3) is 2.44. The molecule has 1 N–H and O–H groups in total. The first-order valence-corrected chi connectivity index (χ1v) is 6.10. The van der Waals surface area contributed by atoms with E-state index in [1.54, 1.807) is 0 Å². The van der Waals surface area contributed by atoms with Crippen LogP contribution in [0.3, 0.4) is 0 Å². The van der Waals surface area contributed by atoms with Gasteiger partial charge in [-0.1, -0.05) is 22.9 Å². The quantitative estimate of drug-likeness (QED) is 0.943. The first-order chi connectivity index (χ1) is 8.49. The molecule has 0 amide bonds. The van der Waals surface area contributed by atoms with Crippen LogP contribution in [0.15, 0.2) is 28.4 Å². The molecule has 0 aliphatic heterocycles. The minimum atomic E-state index is -1.13. The molecule has 0 bridgehead atoms. The predicted octanol–water partition coefficient (Wildman–Crippen LogP) is 2.45. The standard InChI is InChI=1S/C11H7ClFNO3S/c12-8-3-6(13)1-2-7(8)9-5-18-11(17)14(9)4-10(15)16/h1-3,5H,4H2,(H,15,16). The highest BCUT2D eigenvalue weighted by molar-refractivity contribution is 7.07. The molecular weight excluding hydrogens is 281 g/mol. The van der Waals surface area contributed by atoms with E-state index in [9.17, 15) is 14.0 Å². The molecule has 18 heavy (non-hydrogen) atoms. The number of hydrogen-bond donors (Lipinski definition) is 1. The topological polar surface area (TPSA) is 59.3 Å². The Morgan fingerprint density at radius 2 is 2.22 bits per heavy atom. The summed E-state index contributed by atoms with van der Waals surface area (Å²) in [5.41, 5.74) is 0.801. The molecular formula is C11H7ClFNO3S. The molecule has 2 rings (SSSR count). The lowest BCUT2D eigenvalue weighted by Gasteiger charge is -2.06. The molecule has 0 spiro atoms. The number of aliphatic carboxylic acids is 1. The van der Waals surface area contributed by atoms with Crippen molar-refractivity contribution in [3.63, 3.8) is 0 Å². The Hall–Kier alpha value is -1.66. The van der Waals surface area contributed by atoms with Crippen LogP contribution in [0.2, 0.25) is 5.02 Å². The van der Waals surface area contributed by atoms with E-state index in [-0.39, 0.29) is 5.02 Å². The lowest BCUT2D eigenvalue weighted by Crippen LogP contribution is -2.19. The van der Waals surface area contributed by atoms with Crippen LogP contribution in [0.4, 0.5) is 4.39 Å². The molecule has 1 aromatic heterocycles. The lowest BCUT2D eigenvalue weighted by molar-refractivity contribution is -0.137. The van der Waals surface area contributed by atoms with Gasteiger partial charge in [0, 0.05) is 10.9 Å². The number of carboxylic acids is 1. The van der Waals surface area contributed by atoms with Crippen molar-refractivity contribution in [1.29, 1.82) is 0 Å². The van der Waals surface area contributed by atoms with Gasteiger partial charge in [0.2, 0.25) is 0 Å². The summed E-state index contributed by atoms with van der Waals surface area (Å²) in [5.74, 6) is -1.62. The third-order valence-corrected chi connectivity index (χ3v) is 3.36. The molecule has 0 atom stereocenters. The summed E-state index contributed by atoms with van der Waals surface area (Å²) in [6, 6.07) is 3.73. The van der Waals surface area contributed by atoms with Gasteiger partial charge in [0.25, 0.3) is 0 Å². The molecule has 1 aromatic carbocycles. The van der Waals surface area contributed by atoms with Crippen molar-refractivity contribution in [3.8, 4) is 11.3 Å². The maximum Gasteiger partial charge on any atom is 0.323 e. The van der Waals surface area contributed by atoms with Crippen molar-refractivity contribution < 1.29 is 14.3 Å². The summed E-state index contributed by atoms with van der Waals surface area (Å²) >= 11 is 6.76. The second-order valence-corrected chi connectivity index (χ2v) is 4.72. The summed E-state index contributed by atoms with van der Waals surface area (Å²) in [5, 5.41) is 10.4. The smallest absolute Gasteiger partial charge is 0.323 e. The van der Waals surface area contributed by atoms with E-state index in [2.05, 4.69) is 0 Å². The fourth-order valence-corrected chi connectivity index (χ4v) is 2.54. The van der Waals surface area contributed by atoms with Crippen LogP contribution in [-0.2, 0) is 11.3 Å². The number of nitrogens with zero attached hydrogens (tertiary/aromatic N) is 1. The van der Waals surface area contributed by atoms with Crippen LogP contribution < -0.4 is 4.87 Å². The van der Waals surface area contributed by atoms with E-state index < -0.39 is 23.2 Å². The summed E-state index contributed by atoms with van der Waals surface area (Å²) in [4.78, 5) is 21.8. The average Bonchev–Trinajstić information content (AvgIpc) is 2.60. The number of aromatic nitrogens is 1. The van der Waals surface area contributed by atoms with Crippen molar-refractivity contribution in [1.82, 2.24) is 4.57 Å². The van der Waals surface area contributed by atoms with Gasteiger partial charge in [-0.15, -0.1) is 0 Å². The highest BCUT2D eigenvalue weighted by Gasteiger charge is 2.14. The molecule has 0 unspecified atom stereocenters. The van der Waals surface area contributed by atoms with Gasteiger partial charge in [-0.3, -0.25) is 14.2 Å². The van der Waals surface area contributed by atoms with Gasteiger partial charge in [-0.2, -0.15) is 0 Å². The van der Waals surface area contributed by atoms with Crippen LogP contribution in [0.1, 0.15) is 0 Å². The monoisotopic (exact) mass is 287 g/mol. The maximum atomic E-state index is 12.9. The summed E-state index contributed by atoms with van der Waals surface area (Å²) in [6.45, 7) is -0.453. The van der Waals surface area contributed by atoms with Gasteiger partial charge in [0.05, 0.1) is 10.7 Å². The van der Waals surface area contributed by atoms with Crippen LogP contribution in [0.25, 0.3) is 11.3 Å². The Bertz CT molecular complexity index is 665. The number of benzene rings is 1. The van der Waals surface area contributed by atoms with Crippen molar-refractivity contribution in [2.45, 2.75) is 6.54 Å². The van der Waals surface area contributed by atoms with E-state index in [1.165, 1.54) is 17.5 Å². The number of halogens is 2. The first-order valence-electron chi connectivity index (χ1n) is 4.84. The molecule has 0 fully saturated rings. The normalized spacial score (nSPS) is 10.6. The Balaban J connectivity index is 2.57. The first kappa shape index (κ1) is 12.8. The third-order valence-electron chi connectivity index (χ3n) is 2.28. The zero-order chi connectivity index (χ0) is 13.3. The lowest BCUT2D eigenvalue weighted by atomic mass is 10.1. The summed E-state index contributed by atoms with van der Waals surface area (Å²) in [6.07, 6.45) is 0. The number of thiazole rings is 1. The fourth-order valence-electron chi connectivity index (χ4n) is 1.52. The van der Waals surface area contributed by atoms with Gasteiger partial charge < -0.3 is 5.11 Å². The van der Waals surface area contributed by atoms with Gasteiger partial charge in [-0.05, 0) is 18.2 Å². The second-order valence-electron chi connectivity index (χ2n) is 3.49. The Kier molecular flexibility index (Phi) is 3.49. The van der Waals surface area contributed by atoms with Gasteiger partial charge in [-0.25, -0.2) is 4.39 Å². The van der Waals surface area contributed by atoms with E-state index in [1.807, 2.05) is 0 Å². The molecule has 0 aliphatic rings. The van der Waals surface area contributed by atoms with E-state index >= 15 is 0 Å². The molecule has 7 heteroatoms. The average molecular weight is 288 g/mol. The largest absolute Gasteiger partial charge is 0.480 e. The Morgan fingerprint density at radius 1 is 1.50 bits per heavy atom. The predicted molar refractivity (Wildman–Crippen MR) is 66.6 cm³/mol. The minimum Gasteiger partial charge on any atom is -0.480 e. The number of hydrogen-bond acceptors (Lipinski definition) is 3. The van der Waals surface area contributed by atoms with Crippen molar-refractivity contribution >= 4 is 28.9 Å². The summed E-state index contributed by atoms with van der Waals surface area (Å²) in [7, 11) is 0. The Morgan fingerprint density at radius 3 is 2.83 bits per heavy atom. The highest BCUT2D eigenvalue weighted by Crippen LogP contribution is 2.28. The van der Waals surface area contributed by atoms with Crippen molar-refractivity contribution in [2.24, 2.45) is 0 Å². The molecule has 94 valence electrons. The molecule has 0 saturated carbocycles. The van der Waals surface area contributed by atoms with Gasteiger partial charge in [0.1, 0.15) is 12.4 Å². The molecule has 2 aromatic rings. The molecule has 4 nitrogen and oxygen atoms in total. The highest BCUT2D eigenvalue weighted by atomic mass is 35.5. The zero-order valence-corrected chi connectivity index (χ0v) is 10.5. The number of rotatable bonds is 3. The van der Waals surface area contributed by atoms with Gasteiger partial charge >= 0.3 is 10.8 Å². The molecule has 0 aliphatic carbocycles. The van der Waals surface area contributed by atoms with E-state index in [4.69, 9.17) is 16.7 Å². The van der Waals surface area contributed by atoms with Crippen LogP contribution >= 0.6 is 22.9 Å². The minimum absolute atomic E-state index is 0.131. The SMILES string of the molecule is O=C(O)Cn1c(-c2ccc(F)cc2Cl)csc1=O. The molecule has 1 heterocycles. The number of carboxylic acid groups (broad SMARTS) is 1. The maximum absolute atomic E-state index is 12.9. The van der Waals surface area contributed by atoms with Gasteiger partial charge in [0.15, 0.2) is 0 Å². The number of carbonyl (C=O) groups is 1. The van der Waals surface area contributed by atoms with E-state index in [0.29, 0.717) is 11.3 Å². The van der Waals surface area contributed by atoms with E-state index in [0.717, 1.165) is 22.0 Å². The molecule has 0 radical (unpaired) electrons. The summed E-state index contributed by atoms with van der Waals surface area (Å²) < 4.78 is 14.0. The fraction of sp³-hybridized carbons (Fsp3) is 0.0909. The van der Waals surface area contributed by atoms with Crippen molar-refractivity contribution in [2.75, 3.05) is 0 Å². The molecule has 0 saturated heterocycles. The zero-order valence-electron chi connectivity index (χ0n) is 8.89. The van der Waals surface area contributed by atoms with Crippen molar-refractivity contribution in [3.05, 3.63) is 44.1 Å². The second kappa shape index (κ2) is 4.91. The van der Waals surface area contributed by atoms with Crippen LogP contribution in [-0.4, -0.2) is 15.6 Å². The van der Waals surface area contributed by atoms with Crippen LogP contribution in [0.5, 0.6) is 0 Å². The Labute approximate surface area is 110 Å².